The summed E-state index contributed by atoms with van der Waals surface area (Å²) in [6.45, 7) is 6.80. The predicted molar refractivity (Wildman–Crippen MR) is 137 cm³/mol. The molecule has 14 nitrogen and oxygen atoms in total. The van der Waals surface area contributed by atoms with E-state index in [0.717, 1.165) is 22.0 Å². The molecular formula is C24H33N7O7. The lowest BCUT2D eigenvalue weighted by Gasteiger charge is -2.23. The van der Waals surface area contributed by atoms with Crippen LogP contribution in [0.3, 0.4) is 0 Å². The van der Waals surface area contributed by atoms with Crippen LogP contribution >= 0.6 is 0 Å². The van der Waals surface area contributed by atoms with Gasteiger partial charge in [-0.1, -0.05) is 33.1 Å². The molecule has 0 fully saturated rings. The summed E-state index contributed by atoms with van der Waals surface area (Å²) in [5, 5.41) is 13.7. The van der Waals surface area contributed by atoms with Gasteiger partial charge in [-0.25, -0.2) is 9.36 Å². The number of ether oxygens (including phenoxy) is 1. The second kappa shape index (κ2) is 13.2. The third-order valence-electron chi connectivity index (χ3n) is 5.53. The molecule has 0 bridgehead atoms. The summed E-state index contributed by atoms with van der Waals surface area (Å²) in [5.74, 6) is -1.55. The molecule has 2 heterocycles. The number of unbranched alkanes of at least 4 members (excludes halogenated alkanes) is 1. The van der Waals surface area contributed by atoms with Gasteiger partial charge in [0, 0.05) is 6.42 Å². The van der Waals surface area contributed by atoms with Gasteiger partial charge in [-0.3, -0.25) is 23.7 Å². The minimum atomic E-state index is -1.23. The van der Waals surface area contributed by atoms with Crippen molar-refractivity contribution in [1.82, 2.24) is 29.7 Å². The molecule has 0 aliphatic heterocycles. The van der Waals surface area contributed by atoms with E-state index < -0.39 is 47.9 Å². The van der Waals surface area contributed by atoms with E-state index in [1.165, 1.54) is 6.92 Å². The van der Waals surface area contributed by atoms with Crippen molar-refractivity contribution in [2.24, 2.45) is 5.92 Å². The van der Waals surface area contributed by atoms with Gasteiger partial charge >= 0.3 is 17.7 Å². The third kappa shape index (κ3) is 7.09. The molecule has 2 atom stereocenters. The highest BCUT2D eigenvalue weighted by atomic mass is 16.5. The number of amides is 2. The number of hydrogen-bond donors (Lipinski definition) is 4. The molecule has 5 N–H and O–H groups in total. The van der Waals surface area contributed by atoms with Crippen molar-refractivity contribution in [1.29, 1.82) is 0 Å². The summed E-state index contributed by atoms with van der Waals surface area (Å²) in [6.07, 6.45) is 6.32. The normalized spacial score (nSPS) is 12.5. The maximum Gasteiger partial charge on any atom is 0.338 e. The summed E-state index contributed by atoms with van der Waals surface area (Å²) in [7, 11) is 0. The van der Waals surface area contributed by atoms with E-state index in [9.17, 15) is 24.0 Å². The minimum absolute atomic E-state index is 0.00424. The second-order valence-electron chi connectivity index (χ2n) is 8.93. The third-order valence-corrected chi connectivity index (χ3v) is 5.53. The predicted octanol–water partition coefficient (Wildman–Crippen LogP) is 0.138. The Balaban J connectivity index is 2.36. The van der Waals surface area contributed by atoms with Crippen LogP contribution in [0.15, 0.2) is 4.79 Å². The minimum Gasteiger partial charge on any atom is -0.481 e. The Morgan fingerprint density at radius 3 is 2.42 bits per heavy atom. The molecule has 0 saturated heterocycles. The molecule has 2 aromatic rings. The average Bonchev–Trinajstić information content (AvgIpc) is 3.12. The van der Waals surface area contributed by atoms with Crippen LogP contribution in [0.5, 0.6) is 6.01 Å². The molecule has 2 amide bonds. The van der Waals surface area contributed by atoms with E-state index in [0.29, 0.717) is 6.61 Å². The van der Waals surface area contributed by atoms with Crippen molar-refractivity contribution in [2.45, 2.75) is 72.0 Å². The largest absolute Gasteiger partial charge is 0.481 e. The van der Waals surface area contributed by atoms with Gasteiger partial charge in [0.05, 0.1) is 19.6 Å². The number of nitrogen functional groups attached to an aromatic ring is 1. The van der Waals surface area contributed by atoms with E-state index in [1.807, 2.05) is 6.92 Å². The Hall–Kier alpha value is -4.41. The maximum atomic E-state index is 13.4. The quantitative estimate of drug-likeness (QED) is 0.203. The molecule has 2 unspecified atom stereocenters. The van der Waals surface area contributed by atoms with Crippen LogP contribution in [0.25, 0.3) is 11.2 Å². The van der Waals surface area contributed by atoms with Gasteiger partial charge < -0.3 is 26.2 Å². The fraction of sp³-hybridized carbons (Fsp3) is 0.542. The summed E-state index contributed by atoms with van der Waals surface area (Å²) in [5.41, 5.74) is 5.19. The first-order chi connectivity index (χ1) is 17.9. The Bertz CT molecular complexity index is 1310. The van der Waals surface area contributed by atoms with Gasteiger partial charge in [0.1, 0.15) is 17.6 Å². The highest BCUT2D eigenvalue weighted by Crippen LogP contribution is 2.21. The number of terminal acetylenes is 1. The lowest BCUT2D eigenvalue weighted by atomic mass is 10.0. The molecule has 0 saturated carbocycles. The lowest BCUT2D eigenvalue weighted by Crippen LogP contribution is -2.54. The van der Waals surface area contributed by atoms with Crippen LogP contribution < -0.4 is 26.8 Å². The van der Waals surface area contributed by atoms with Crippen LogP contribution in [-0.2, 0) is 20.9 Å². The molecule has 0 spiro atoms. The second-order valence-corrected chi connectivity index (χ2v) is 8.93. The highest BCUT2D eigenvalue weighted by Gasteiger charge is 2.30. The summed E-state index contributed by atoms with van der Waals surface area (Å²) in [4.78, 5) is 70.5. The van der Waals surface area contributed by atoms with Gasteiger partial charge in [0.2, 0.25) is 11.8 Å². The zero-order valence-electron chi connectivity index (χ0n) is 21.8. The highest BCUT2D eigenvalue weighted by molar-refractivity contribution is 5.98. The number of aromatic nitrogens is 4. The Kier molecular flexibility index (Phi) is 10.4. The van der Waals surface area contributed by atoms with E-state index in [4.69, 9.17) is 22.0 Å². The van der Waals surface area contributed by atoms with E-state index in [-0.39, 0.29) is 41.9 Å². The number of fused-ring (bicyclic) bond motifs is 1. The first-order valence-electron chi connectivity index (χ1n) is 12.1. The standard InChI is InChI=1S/C24H33N7O7/c1-6-8-12-38-23-28-19(25)18-20(29-23)30(11-7-2)24(37)31(18)22(36)14(5)26-21(35)17(13(3)4)27-15(32)9-10-16(33)34/h2,13-14,17H,6,8-12H2,1,3-5H3,(H,26,35)(H,27,32)(H,33,34)(H2,25,28,29). The van der Waals surface area contributed by atoms with Crippen molar-refractivity contribution in [3.8, 4) is 18.4 Å². The SMILES string of the molecule is C#CCn1c(=O)n(C(=O)C(C)NC(=O)C(NC(=O)CCC(=O)O)C(C)C)c2c(N)nc(OCCCC)nc21. The maximum absolute atomic E-state index is 13.4. The number of aliphatic carboxylic acids is 1. The Labute approximate surface area is 218 Å². The number of hydrogen-bond acceptors (Lipinski definition) is 9. The molecule has 2 aromatic heterocycles. The number of carbonyl (C=O) groups excluding carboxylic acids is 3. The summed E-state index contributed by atoms with van der Waals surface area (Å²) >= 11 is 0. The lowest BCUT2D eigenvalue weighted by molar-refractivity contribution is -0.139. The number of imidazole rings is 1. The molecular weight excluding hydrogens is 498 g/mol. The number of nitrogens with zero attached hydrogens (tertiary/aromatic N) is 4. The van der Waals surface area contributed by atoms with Crippen molar-refractivity contribution in [3.05, 3.63) is 10.5 Å². The van der Waals surface area contributed by atoms with Crippen molar-refractivity contribution < 1.29 is 29.0 Å². The molecule has 0 radical (unpaired) electrons. The number of nitrogens with one attached hydrogen (secondary N) is 2. The van der Waals surface area contributed by atoms with Crippen molar-refractivity contribution in [2.75, 3.05) is 12.3 Å². The van der Waals surface area contributed by atoms with Crippen LogP contribution in [-0.4, -0.2) is 66.6 Å². The number of carboxylic acids is 1. The molecule has 38 heavy (non-hydrogen) atoms. The molecule has 0 aromatic carbocycles. The van der Waals surface area contributed by atoms with E-state index in [1.54, 1.807) is 13.8 Å². The smallest absolute Gasteiger partial charge is 0.338 e. The van der Waals surface area contributed by atoms with E-state index in [2.05, 4.69) is 26.5 Å². The number of carbonyl (C=O) groups is 4. The fourth-order valence-electron chi connectivity index (χ4n) is 3.52. The first kappa shape index (κ1) is 29.8. The molecule has 0 aliphatic carbocycles. The van der Waals surface area contributed by atoms with Crippen molar-refractivity contribution >= 4 is 40.7 Å². The van der Waals surface area contributed by atoms with Crippen LogP contribution in [0, 0.1) is 18.3 Å². The van der Waals surface area contributed by atoms with E-state index >= 15 is 0 Å². The van der Waals surface area contributed by atoms with Crippen LogP contribution in [0.1, 0.15) is 58.2 Å². The zero-order chi connectivity index (χ0) is 28.6. The Morgan fingerprint density at radius 2 is 1.84 bits per heavy atom. The molecule has 14 heteroatoms. The monoisotopic (exact) mass is 531 g/mol. The average molecular weight is 532 g/mol. The molecule has 0 aliphatic rings. The Morgan fingerprint density at radius 1 is 1.16 bits per heavy atom. The van der Waals surface area contributed by atoms with Gasteiger partial charge in [-0.15, -0.1) is 6.42 Å². The number of anilines is 1. The fourth-order valence-corrected chi connectivity index (χ4v) is 3.52. The number of rotatable bonds is 13. The topological polar surface area (TPSA) is 201 Å². The molecule has 2 rings (SSSR count). The van der Waals surface area contributed by atoms with Gasteiger partial charge in [-0.2, -0.15) is 9.97 Å². The van der Waals surface area contributed by atoms with Gasteiger partial charge in [-0.05, 0) is 19.3 Å². The first-order valence-corrected chi connectivity index (χ1v) is 12.1. The van der Waals surface area contributed by atoms with Gasteiger partial charge in [0.25, 0.3) is 5.91 Å². The van der Waals surface area contributed by atoms with Crippen LogP contribution in [0.4, 0.5) is 5.82 Å². The number of nitrogens with two attached hydrogens (primary N) is 1. The summed E-state index contributed by atoms with van der Waals surface area (Å²) in [6, 6.07) is -2.36. The summed E-state index contributed by atoms with van der Waals surface area (Å²) < 4.78 is 7.33. The van der Waals surface area contributed by atoms with Crippen LogP contribution in [0.2, 0.25) is 0 Å². The van der Waals surface area contributed by atoms with Crippen molar-refractivity contribution in [3.63, 3.8) is 0 Å². The zero-order valence-corrected chi connectivity index (χ0v) is 21.8. The van der Waals surface area contributed by atoms with Gasteiger partial charge in [0.15, 0.2) is 11.5 Å². The molecule has 206 valence electrons. The number of carboxylic acid groups (broad SMARTS) is 1.